The highest BCUT2D eigenvalue weighted by Gasteiger charge is 2.29. The lowest BCUT2D eigenvalue weighted by atomic mass is 9.77. The van der Waals surface area contributed by atoms with E-state index >= 15 is 0 Å². The van der Waals surface area contributed by atoms with Gasteiger partial charge in [-0.2, -0.15) is 0 Å². The van der Waals surface area contributed by atoms with Crippen LogP contribution in [0.3, 0.4) is 0 Å². The minimum absolute atomic E-state index is 0.130. The molecule has 2 aromatic carbocycles. The Morgan fingerprint density at radius 2 is 1.61 bits per heavy atom. The van der Waals surface area contributed by atoms with Crippen LogP contribution in [0.2, 0.25) is 0 Å². The summed E-state index contributed by atoms with van der Waals surface area (Å²) in [5, 5.41) is 11.0. The summed E-state index contributed by atoms with van der Waals surface area (Å²) >= 11 is 0. The Bertz CT molecular complexity index is 861. The molecule has 0 aliphatic carbocycles. The van der Waals surface area contributed by atoms with Gasteiger partial charge in [-0.3, -0.25) is 0 Å². The summed E-state index contributed by atoms with van der Waals surface area (Å²) < 4.78 is 0. The van der Waals surface area contributed by atoms with E-state index in [1.54, 1.807) is 0 Å². The normalized spacial score (nSPS) is 19.0. The lowest BCUT2D eigenvalue weighted by molar-refractivity contribution is 0.441. The summed E-state index contributed by atoms with van der Waals surface area (Å²) in [7, 11) is 0. The van der Waals surface area contributed by atoms with E-state index in [2.05, 4.69) is 87.0 Å². The van der Waals surface area contributed by atoms with Crippen molar-refractivity contribution < 1.29 is 0 Å². The third-order valence-electron chi connectivity index (χ3n) is 6.37. The molecule has 0 aromatic heterocycles. The van der Waals surface area contributed by atoms with E-state index in [9.17, 15) is 0 Å². The van der Waals surface area contributed by atoms with E-state index in [1.807, 2.05) is 0 Å². The highest BCUT2D eigenvalue weighted by atomic mass is 15.1. The first-order chi connectivity index (χ1) is 13.2. The standard InChI is InChI=1S/C25H35N3/c1-24(2,3)18-8-11-22-23(14-18)28-20(16-27-22)15-25(4,5)19-9-10-21-17(13-19)7-6-12-26-21/h8-11,13-14,20,26-28H,6-7,12,15-16H2,1-5H3. The molecule has 2 aliphatic heterocycles. The summed E-state index contributed by atoms with van der Waals surface area (Å²) in [6.45, 7) is 13.7. The van der Waals surface area contributed by atoms with Gasteiger partial charge in [0, 0.05) is 24.8 Å². The van der Waals surface area contributed by atoms with Crippen LogP contribution in [-0.2, 0) is 17.3 Å². The van der Waals surface area contributed by atoms with Crippen LogP contribution in [0.25, 0.3) is 0 Å². The Hall–Kier alpha value is -2.16. The second-order valence-electron chi connectivity index (χ2n) is 10.2. The van der Waals surface area contributed by atoms with Crippen LogP contribution in [0.1, 0.15) is 64.2 Å². The average molecular weight is 378 g/mol. The first-order valence-corrected chi connectivity index (χ1v) is 10.7. The lowest BCUT2D eigenvalue weighted by Gasteiger charge is -2.36. The smallest absolute Gasteiger partial charge is 0.0581 e. The van der Waals surface area contributed by atoms with Crippen molar-refractivity contribution >= 4 is 17.1 Å². The van der Waals surface area contributed by atoms with Gasteiger partial charge in [0.2, 0.25) is 0 Å². The van der Waals surface area contributed by atoms with Crippen molar-refractivity contribution in [1.29, 1.82) is 0 Å². The van der Waals surface area contributed by atoms with Crippen molar-refractivity contribution in [2.45, 2.75) is 70.8 Å². The molecule has 3 heteroatoms. The lowest BCUT2D eigenvalue weighted by Crippen LogP contribution is -2.38. The molecule has 0 saturated carbocycles. The molecule has 3 N–H and O–H groups in total. The summed E-state index contributed by atoms with van der Waals surface area (Å²) in [6, 6.07) is 14.3. The van der Waals surface area contributed by atoms with Gasteiger partial charge in [0.1, 0.15) is 0 Å². The molecule has 1 unspecified atom stereocenters. The molecule has 0 amide bonds. The minimum atomic E-state index is 0.130. The molecule has 0 fully saturated rings. The van der Waals surface area contributed by atoms with E-state index in [-0.39, 0.29) is 10.8 Å². The average Bonchev–Trinajstić information content (AvgIpc) is 2.66. The van der Waals surface area contributed by atoms with Crippen LogP contribution >= 0.6 is 0 Å². The molecule has 2 aromatic rings. The third kappa shape index (κ3) is 3.85. The second kappa shape index (κ2) is 7.02. The van der Waals surface area contributed by atoms with E-state index in [4.69, 9.17) is 0 Å². The van der Waals surface area contributed by atoms with Gasteiger partial charge in [-0.15, -0.1) is 0 Å². The SMILES string of the molecule is CC(C)(C)c1ccc2c(c1)NC(CC(C)(C)c1ccc3c(c1)CCCN3)CN2. The first kappa shape index (κ1) is 19.2. The van der Waals surface area contributed by atoms with Crippen LogP contribution in [0.15, 0.2) is 36.4 Å². The number of fused-ring (bicyclic) bond motifs is 2. The van der Waals surface area contributed by atoms with E-state index in [1.165, 1.54) is 46.6 Å². The van der Waals surface area contributed by atoms with Crippen molar-refractivity contribution in [3.05, 3.63) is 53.1 Å². The summed E-state index contributed by atoms with van der Waals surface area (Å²) in [5.41, 5.74) is 8.40. The third-order valence-corrected chi connectivity index (χ3v) is 6.37. The molecule has 3 nitrogen and oxygen atoms in total. The summed E-state index contributed by atoms with van der Waals surface area (Å²) in [5.74, 6) is 0. The quantitative estimate of drug-likeness (QED) is 0.622. The van der Waals surface area contributed by atoms with Crippen molar-refractivity contribution in [1.82, 2.24) is 0 Å². The number of rotatable bonds is 3. The molecule has 0 spiro atoms. The first-order valence-electron chi connectivity index (χ1n) is 10.7. The fourth-order valence-corrected chi connectivity index (χ4v) is 4.54. The number of anilines is 3. The molecule has 28 heavy (non-hydrogen) atoms. The fraction of sp³-hybridized carbons (Fsp3) is 0.520. The summed E-state index contributed by atoms with van der Waals surface area (Å²) in [4.78, 5) is 0. The Kier molecular flexibility index (Phi) is 4.81. The van der Waals surface area contributed by atoms with E-state index < -0.39 is 0 Å². The monoisotopic (exact) mass is 377 g/mol. The van der Waals surface area contributed by atoms with Gasteiger partial charge in [0.05, 0.1) is 11.4 Å². The number of hydrogen-bond acceptors (Lipinski definition) is 3. The van der Waals surface area contributed by atoms with Crippen molar-refractivity contribution in [2.75, 3.05) is 29.0 Å². The molecule has 0 bridgehead atoms. The Morgan fingerprint density at radius 3 is 2.39 bits per heavy atom. The van der Waals surface area contributed by atoms with Gasteiger partial charge in [-0.05, 0) is 65.0 Å². The molecule has 2 heterocycles. The van der Waals surface area contributed by atoms with Crippen LogP contribution in [0.4, 0.5) is 17.1 Å². The highest BCUT2D eigenvalue weighted by Crippen LogP contribution is 2.37. The zero-order valence-corrected chi connectivity index (χ0v) is 18.1. The highest BCUT2D eigenvalue weighted by molar-refractivity contribution is 5.72. The molecule has 0 radical (unpaired) electrons. The van der Waals surface area contributed by atoms with Crippen molar-refractivity contribution in [3.8, 4) is 0 Å². The van der Waals surface area contributed by atoms with Gasteiger partial charge < -0.3 is 16.0 Å². The Balaban J connectivity index is 1.51. The second-order valence-corrected chi connectivity index (χ2v) is 10.2. The van der Waals surface area contributed by atoms with Crippen LogP contribution in [0.5, 0.6) is 0 Å². The molecule has 4 rings (SSSR count). The Morgan fingerprint density at radius 1 is 0.857 bits per heavy atom. The van der Waals surface area contributed by atoms with Crippen molar-refractivity contribution in [2.24, 2.45) is 0 Å². The van der Waals surface area contributed by atoms with E-state index in [0.29, 0.717) is 6.04 Å². The van der Waals surface area contributed by atoms with Gasteiger partial charge in [0.25, 0.3) is 0 Å². The fourth-order valence-electron chi connectivity index (χ4n) is 4.54. The van der Waals surface area contributed by atoms with Gasteiger partial charge >= 0.3 is 0 Å². The molecule has 150 valence electrons. The molecule has 0 saturated heterocycles. The molecular weight excluding hydrogens is 342 g/mol. The predicted octanol–water partition coefficient (Wildman–Crippen LogP) is 5.92. The van der Waals surface area contributed by atoms with Crippen LogP contribution < -0.4 is 16.0 Å². The Labute approximate surface area is 170 Å². The van der Waals surface area contributed by atoms with E-state index in [0.717, 1.165) is 19.5 Å². The molecular formula is C25H35N3. The number of benzene rings is 2. The van der Waals surface area contributed by atoms with Gasteiger partial charge in [-0.1, -0.05) is 52.8 Å². The zero-order valence-electron chi connectivity index (χ0n) is 18.1. The number of hydrogen-bond donors (Lipinski definition) is 3. The van der Waals surface area contributed by atoms with Gasteiger partial charge in [-0.25, -0.2) is 0 Å². The number of aryl methyl sites for hydroxylation is 1. The molecule has 1 atom stereocenters. The van der Waals surface area contributed by atoms with Crippen LogP contribution in [0, 0.1) is 0 Å². The van der Waals surface area contributed by atoms with Gasteiger partial charge in [0.15, 0.2) is 0 Å². The maximum absolute atomic E-state index is 3.82. The minimum Gasteiger partial charge on any atom is -0.385 e. The predicted molar refractivity (Wildman–Crippen MR) is 122 cm³/mol. The topological polar surface area (TPSA) is 36.1 Å². The number of nitrogens with one attached hydrogen (secondary N) is 3. The maximum Gasteiger partial charge on any atom is 0.0581 e. The maximum atomic E-state index is 3.82. The van der Waals surface area contributed by atoms with Crippen molar-refractivity contribution in [3.63, 3.8) is 0 Å². The van der Waals surface area contributed by atoms with Crippen LogP contribution in [-0.4, -0.2) is 19.1 Å². The largest absolute Gasteiger partial charge is 0.385 e. The zero-order chi connectivity index (χ0) is 19.9. The molecule has 2 aliphatic rings. The summed E-state index contributed by atoms with van der Waals surface area (Å²) in [6.07, 6.45) is 3.53.